The molecule has 0 aliphatic heterocycles. The van der Waals surface area contributed by atoms with E-state index in [1.807, 2.05) is 13.0 Å². The van der Waals surface area contributed by atoms with Crippen LogP contribution < -0.4 is 15.8 Å². The van der Waals surface area contributed by atoms with E-state index in [-0.39, 0.29) is 6.54 Å². The number of methoxy groups -OCH3 is 1. The molecule has 0 aromatic heterocycles. The number of aryl methyl sites for hydroxylation is 1. The molecule has 0 saturated heterocycles. The van der Waals surface area contributed by atoms with E-state index < -0.39 is 5.91 Å². The number of ether oxygens (including phenoxy) is 1. The molecular formula is C10H13ClN2O2. The van der Waals surface area contributed by atoms with E-state index in [4.69, 9.17) is 22.1 Å². The summed E-state index contributed by atoms with van der Waals surface area (Å²) >= 11 is 5.93. The van der Waals surface area contributed by atoms with Gasteiger partial charge in [-0.1, -0.05) is 11.6 Å². The number of primary amides is 1. The van der Waals surface area contributed by atoms with Crippen molar-refractivity contribution in [2.24, 2.45) is 5.73 Å². The fraction of sp³-hybridized carbons (Fsp3) is 0.300. The Labute approximate surface area is 93.4 Å². The van der Waals surface area contributed by atoms with Crippen molar-refractivity contribution >= 4 is 23.2 Å². The van der Waals surface area contributed by atoms with Gasteiger partial charge >= 0.3 is 0 Å². The van der Waals surface area contributed by atoms with Crippen LogP contribution in [0.2, 0.25) is 5.02 Å². The summed E-state index contributed by atoms with van der Waals surface area (Å²) in [5.41, 5.74) is 6.65. The monoisotopic (exact) mass is 228 g/mol. The van der Waals surface area contributed by atoms with Crippen molar-refractivity contribution in [2.45, 2.75) is 6.92 Å². The minimum absolute atomic E-state index is 0.0669. The van der Waals surface area contributed by atoms with Crippen molar-refractivity contribution in [3.05, 3.63) is 22.7 Å². The van der Waals surface area contributed by atoms with Crippen LogP contribution >= 0.6 is 11.6 Å². The second-order valence-corrected chi connectivity index (χ2v) is 3.53. The van der Waals surface area contributed by atoms with Gasteiger partial charge in [0.25, 0.3) is 0 Å². The van der Waals surface area contributed by atoms with Gasteiger partial charge in [-0.2, -0.15) is 0 Å². The molecule has 0 spiro atoms. The summed E-state index contributed by atoms with van der Waals surface area (Å²) < 4.78 is 5.11. The Morgan fingerprint density at radius 1 is 1.60 bits per heavy atom. The lowest BCUT2D eigenvalue weighted by Crippen LogP contribution is -2.22. The quantitative estimate of drug-likeness (QED) is 0.822. The highest BCUT2D eigenvalue weighted by Crippen LogP contribution is 2.30. The number of rotatable bonds is 4. The number of anilines is 1. The van der Waals surface area contributed by atoms with E-state index in [0.717, 1.165) is 5.56 Å². The van der Waals surface area contributed by atoms with Crippen LogP contribution in [-0.4, -0.2) is 19.6 Å². The molecule has 82 valence electrons. The first-order valence-electron chi connectivity index (χ1n) is 4.41. The Bertz CT molecular complexity index is 380. The maximum Gasteiger partial charge on any atom is 0.236 e. The number of carbonyl (C=O) groups is 1. The fourth-order valence-electron chi connectivity index (χ4n) is 1.15. The summed E-state index contributed by atoms with van der Waals surface area (Å²) in [6.07, 6.45) is 0. The Kier molecular flexibility index (Phi) is 3.80. The molecular weight excluding hydrogens is 216 g/mol. The van der Waals surface area contributed by atoms with Crippen LogP contribution in [0, 0.1) is 6.92 Å². The molecule has 1 rings (SSSR count). The first kappa shape index (κ1) is 11.7. The zero-order chi connectivity index (χ0) is 11.4. The summed E-state index contributed by atoms with van der Waals surface area (Å²) in [4.78, 5) is 10.6. The average molecular weight is 229 g/mol. The molecule has 4 nitrogen and oxygen atoms in total. The van der Waals surface area contributed by atoms with Crippen LogP contribution in [-0.2, 0) is 4.79 Å². The van der Waals surface area contributed by atoms with E-state index in [1.54, 1.807) is 6.07 Å². The van der Waals surface area contributed by atoms with Crippen molar-refractivity contribution < 1.29 is 9.53 Å². The van der Waals surface area contributed by atoms with Crippen molar-refractivity contribution in [2.75, 3.05) is 19.0 Å². The number of halogens is 1. The summed E-state index contributed by atoms with van der Waals surface area (Å²) in [6.45, 7) is 1.94. The van der Waals surface area contributed by atoms with Crippen LogP contribution in [0.1, 0.15) is 5.56 Å². The summed E-state index contributed by atoms with van der Waals surface area (Å²) in [5, 5.41) is 3.50. The highest BCUT2D eigenvalue weighted by Gasteiger charge is 2.07. The number of carbonyl (C=O) groups excluding carboxylic acids is 1. The van der Waals surface area contributed by atoms with Crippen molar-refractivity contribution in [1.82, 2.24) is 0 Å². The van der Waals surface area contributed by atoms with Crippen molar-refractivity contribution in [3.8, 4) is 5.75 Å². The number of nitrogens with one attached hydrogen (secondary N) is 1. The first-order valence-corrected chi connectivity index (χ1v) is 4.78. The van der Waals surface area contributed by atoms with Crippen molar-refractivity contribution in [1.29, 1.82) is 0 Å². The third kappa shape index (κ3) is 3.02. The molecule has 0 aliphatic carbocycles. The van der Waals surface area contributed by atoms with Gasteiger partial charge in [0, 0.05) is 11.1 Å². The topological polar surface area (TPSA) is 64.3 Å². The molecule has 5 heteroatoms. The minimum atomic E-state index is -0.426. The van der Waals surface area contributed by atoms with E-state index in [9.17, 15) is 4.79 Å². The number of benzene rings is 1. The molecule has 0 bridgehead atoms. The number of amides is 1. The van der Waals surface area contributed by atoms with Gasteiger partial charge in [0.1, 0.15) is 5.75 Å². The van der Waals surface area contributed by atoms with Gasteiger partial charge in [-0.25, -0.2) is 0 Å². The van der Waals surface area contributed by atoms with Crippen LogP contribution in [0.15, 0.2) is 12.1 Å². The molecule has 0 heterocycles. The molecule has 0 saturated carbocycles. The van der Waals surface area contributed by atoms with Crippen molar-refractivity contribution in [3.63, 3.8) is 0 Å². The SMILES string of the molecule is COc1cc(Cl)c(C)cc1NCC(N)=O. The molecule has 1 aromatic carbocycles. The zero-order valence-corrected chi connectivity index (χ0v) is 9.39. The standard InChI is InChI=1S/C10H13ClN2O2/c1-6-3-8(13-5-10(12)14)9(15-2)4-7(6)11/h3-4,13H,5H2,1-2H3,(H2,12,14). The molecule has 0 unspecified atom stereocenters. The fourth-order valence-corrected chi connectivity index (χ4v) is 1.31. The highest BCUT2D eigenvalue weighted by molar-refractivity contribution is 6.31. The Morgan fingerprint density at radius 2 is 2.27 bits per heavy atom. The second kappa shape index (κ2) is 4.89. The second-order valence-electron chi connectivity index (χ2n) is 3.12. The lowest BCUT2D eigenvalue weighted by Gasteiger charge is -2.11. The zero-order valence-electron chi connectivity index (χ0n) is 8.63. The summed E-state index contributed by atoms with van der Waals surface area (Å²) in [7, 11) is 1.54. The Morgan fingerprint density at radius 3 is 2.80 bits per heavy atom. The lowest BCUT2D eigenvalue weighted by molar-refractivity contribution is -0.116. The summed E-state index contributed by atoms with van der Waals surface area (Å²) in [6, 6.07) is 3.50. The van der Waals surface area contributed by atoms with Gasteiger partial charge in [0.05, 0.1) is 19.3 Å². The molecule has 0 atom stereocenters. The Balaban J connectivity index is 2.94. The van der Waals surface area contributed by atoms with Crippen LogP contribution in [0.25, 0.3) is 0 Å². The molecule has 0 fully saturated rings. The molecule has 15 heavy (non-hydrogen) atoms. The maximum absolute atomic E-state index is 10.6. The smallest absolute Gasteiger partial charge is 0.236 e. The van der Waals surface area contributed by atoms with Crippen LogP contribution in [0.4, 0.5) is 5.69 Å². The highest BCUT2D eigenvalue weighted by atomic mass is 35.5. The van der Waals surface area contributed by atoms with Gasteiger partial charge in [0.15, 0.2) is 0 Å². The third-order valence-corrected chi connectivity index (χ3v) is 2.34. The Hall–Kier alpha value is -1.42. The number of hydrogen-bond donors (Lipinski definition) is 2. The van der Waals surface area contributed by atoms with E-state index >= 15 is 0 Å². The van der Waals surface area contributed by atoms with E-state index in [0.29, 0.717) is 16.5 Å². The number of hydrogen-bond acceptors (Lipinski definition) is 3. The molecule has 3 N–H and O–H groups in total. The van der Waals surface area contributed by atoms with Gasteiger partial charge < -0.3 is 15.8 Å². The van der Waals surface area contributed by atoms with Crippen LogP contribution in [0.3, 0.4) is 0 Å². The van der Waals surface area contributed by atoms with Gasteiger partial charge in [0.2, 0.25) is 5.91 Å². The number of nitrogens with two attached hydrogens (primary N) is 1. The molecule has 1 amide bonds. The first-order chi connectivity index (χ1) is 7.04. The predicted molar refractivity (Wildman–Crippen MR) is 60.4 cm³/mol. The van der Waals surface area contributed by atoms with E-state index in [1.165, 1.54) is 7.11 Å². The predicted octanol–water partition coefficient (Wildman–Crippen LogP) is 1.55. The van der Waals surface area contributed by atoms with Crippen LogP contribution in [0.5, 0.6) is 5.75 Å². The maximum atomic E-state index is 10.6. The molecule has 1 aromatic rings. The average Bonchev–Trinajstić information content (AvgIpc) is 2.19. The molecule has 0 radical (unpaired) electrons. The van der Waals surface area contributed by atoms with Gasteiger partial charge in [-0.15, -0.1) is 0 Å². The van der Waals surface area contributed by atoms with E-state index in [2.05, 4.69) is 5.32 Å². The summed E-state index contributed by atoms with van der Waals surface area (Å²) in [5.74, 6) is 0.163. The third-order valence-electron chi connectivity index (χ3n) is 1.93. The lowest BCUT2D eigenvalue weighted by atomic mass is 10.2. The largest absolute Gasteiger partial charge is 0.495 e. The van der Waals surface area contributed by atoms with Gasteiger partial charge in [-0.3, -0.25) is 4.79 Å². The normalized spacial score (nSPS) is 9.80. The minimum Gasteiger partial charge on any atom is -0.495 e. The molecule has 0 aliphatic rings. The van der Waals surface area contributed by atoms with Gasteiger partial charge in [-0.05, 0) is 18.6 Å².